The van der Waals surface area contributed by atoms with Gasteiger partial charge in [0.2, 0.25) is 0 Å². The summed E-state index contributed by atoms with van der Waals surface area (Å²) in [5.74, 6) is -0.0106. The van der Waals surface area contributed by atoms with Gasteiger partial charge in [-0.15, -0.1) is 12.1 Å². The molecule has 0 atom stereocenters. The van der Waals surface area contributed by atoms with Crippen molar-refractivity contribution in [2.45, 2.75) is 0 Å². The normalized spacial score (nSPS) is 10.7. The van der Waals surface area contributed by atoms with Gasteiger partial charge in [-0.25, -0.2) is 5.11 Å². The zero-order chi connectivity index (χ0) is 14.8. The molecule has 22 heavy (non-hydrogen) atoms. The maximum atomic E-state index is 10.2. The van der Waals surface area contributed by atoms with Gasteiger partial charge in [-0.05, 0) is 18.2 Å². The zero-order valence-electron chi connectivity index (χ0n) is 11.9. The summed E-state index contributed by atoms with van der Waals surface area (Å²) in [6.45, 7) is 0. The van der Waals surface area contributed by atoms with Crippen molar-refractivity contribution in [1.29, 1.82) is 0 Å². The van der Waals surface area contributed by atoms with Gasteiger partial charge in [0, 0.05) is 22.2 Å². The fourth-order valence-electron chi connectivity index (χ4n) is 2.00. The Morgan fingerprint density at radius 3 is 2.32 bits per heavy atom. The molecule has 0 aliphatic rings. The molecule has 5 nitrogen and oxygen atoms in total. The molecule has 0 spiro atoms. The molecule has 0 fully saturated rings. The average Bonchev–Trinajstić information content (AvgIpc) is 2.49. The maximum absolute atomic E-state index is 10.2. The van der Waals surface area contributed by atoms with E-state index in [9.17, 15) is 15.3 Å². The van der Waals surface area contributed by atoms with Crippen LogP contribution in [0.1, 0.15) is 0 Å². The minimum absolute atomic E-state index is 0. The van der Waals surface area contributed by atoms with E-state index in [0.717, 1.165) is 0 Å². The number of nitrogens with zero attached hydrogens (tertiary/aromatic N) is 2. The first-order chi connectivity index (χ1) is 10.2. The average molecular weight is 302 g/mol. The van der Waals surface area contributed by atoms with Gasteiger partial charge in [0.15, 0.2) is 5.75 Å². The van der Waals surface area contributed by atoms with Gasteiger partial charge in [-0.1, -0.05) is 12.1 Å². The van der Waals surface area contributed by atoms with E-state index < -0.39 is 0 Å². The van der Waals surface area contributed by atoms with Gasteiger partial charge in [-0.3, -0.25) is 0 Å². The first-order valence-electron chi connectivity index (χ1n) is 6.21. The molecule has 0 saturated heterocycles. The van der Waals surface area contributed by atoms with Crippen molar-refractivity contribution in [2.75, 3.05) is 0 Å². The molecule has 3 aromatic rings. The van der Waals surface area contributed by atoms with Crippen molar-refractivity contribution in [2.24, 2.45) is 10.2 Å². The van der Waals surface area contributed by atoms with Crippen LogP contribution in [0.4, 0.5) is 11.4 Å². The molecule has 3 N–H and O–H groups in total. The van der Waals surface area contributed by atoms with E-state index >= 15 is 0 Å². The van der Waals surface area contributed by atoms with Gasteiger partial charge >= 0.3 is 29.6 Å². The van der Waals surface area contributed by atoms with Crippen molar-refractivity contribution in [3.8, 4) is 17.2 Å². The number of hydrogen-bond donors (Lipinski definition) is 3. The summed E-state index contributed by atoms with van der Waals surface area (Å²) in [5, 5.41) is 38.3. The first kappa shape index (κ1) is 16.3. The Bertz CT molecular complexity index is 850. The molecular weight excluding hydrogens is 291 g/mol. The van der Waals surface area contributed by atoms with Crippen LogP contribution in [0.3, 0.4) is 0 Å². The van der Waals surface area contributed by atoms with Crippen molar-refractivity contribution in [3.63, 3.8) is 0 Å². The summed E-state index contributed by atoms with van der Waals surface area (Å²) in [5.41, 5.74) is 0.504. The van der Waals surface area contributed by atoms with Crippen LogP contribution in [-0.4, -0.2) is 15.3 Å². The third kappa shape index (κ3) is 3.06. The van der Waals surface area contributed by atoms with Crippen LogP contribution in [0.25, 0.3) is 10.8 Å². The Balaban J connectivity index is 0.00000176. The Labute approximate surface area is 148 Å². The molecule has 0 radical (unpaired) electrons. The molecular formula is C16H11N2NaO3. The molecule has 104 valence electrons. The van der Waals surface area contributed by atoms with E-state index in [0.29, 0.717) is 10.8 Å². The van der Waals surface area contributed by atoms with Crippen LogP contribution < -0.4 is 29.6 Å². The van der Waals surface area contributed by atoms with Gasteiger partial charge < -0.3 is 15.3 Å². The maximum Gasteiger partial charge on any atom is 1.00 e. The molecule has 6 heteroatoms. The van der Waals surface area contributed by atoms with Crippen molar-refractivity contribution >= 4 is 22.1 Å². The first-order valence-corrected chi connectivity index (χ1v) is 6.21. The van der Waals surface area contributed by atoms with E-state index in [-0.39, 0.29) is 58.2 Å². The third-order valence-electron chi connectivity index (χ3n) is 3.07. The number of phenolic OH excluding ortho intramolecular Hbond substituents is 3. The minimum atomic E-state index is -0.0773. The number of azo groups is 1. The predicted octanol–water partition coefficient (Wildman–Crippen LogP) is 1.18. The molecule has 0 aliphatic heterocycles. The Morgan fingerprint density at radius 2 is 1.55 bits per heavy atom. The summed E-state index contributed by atoms with van der Waals surface area (Å²) >= 11 is 0. The molecule has 0 aliphatic carbocycles. The SMILES string of the molecule is Oc1cc[c-]cc1N=Nc1ccc2c(O)cccc2c1O.[Na+]. The Hall–Kier alpha value is -2.08. The van der Waals surface area contributed by atoms with Crippen LogP contribution in [0.15, 0.2) is 58.8 Å². The monoisotopic (exact) mass is 302 g/mol. The number of hydrogen-bond acceptors (Lipinski definition) is 5. The second-order valence-electron chi connectivity index (χ2n) is 4.42. The van der Waals surface area contributed by atoms with E-state index in [2.05, 4.69) is 16.3 Å². The second-order valence-corrected chi connectivity index (χ2v) is 4.42. The van der Waals surface area contributed by atoms with Gasteiger partial charge in [0.25, 0.3) is 0 Å². The van der Waals surface area contributed by atoms with E-state index in [4.69, 9.17) is 0 Å². The summed E-state index contributed by atoms with van der Waals surface area (Å²) in [4.78, 5) is 0. The Morgan fingerprint density at radius 1 is 0.773 bits per heavy atom. The Kier molecular flexibility index (Phi) is 5.03. The molecule has 0 saturated carbocycles. The summed E-state index contributed by atoms with van der Waals surface area (Å²) in [7, 11) is 0. The zero-order valence-corrected chi connectivity index (χ0v) is 13.9. The summed E-state index contributed by atoms with van der Waals surface area (Å²) in [6.07, 6.45) is 0. The summed E-state index contributed by atoms with van der Waals surface area (Å²) in [6, 6.07) is 15.3. The number of rotatable bonds is 2. The summed E-state index contributed by atoms with van der Waals surface area (Å²) < 4.78 is 0. The predicted molar refractivity (Wildman–Crippen MR) is 78.4 cm³/mol. The number of fused-ring (bicyclic) bond motifs is 1. The van der Waals surface area contributed by atoms with Crippen molar-refractivity contribution in [1.82, 2.24) is 0 Å². The van der Waals surface area contributed by atoms with E-state index in [1.165, 1.54) is 12.1 Å². The van der Waals surface area contributed by atoms with Gasteiger partial charge in [0.05, 0.1) is 0 Å². The number of benzene rings is 3. The molecule has 3 rings (SSSR count). The minimum Gasteiger partial charge on any atom is -0.531 e. The quantitative estimate of drug-likeness (QED) is 0.377. The molecule has 0 heterocycles. The van der Waals surface area contributed by atoms with E-state index in [1.54, 1.807) is 36.4 Å². The van der Waals surface area contributed by atoms with Crippen LogP contribution in [-0.2, 0) is 0 Å². The topological polar surface area (TPSA) is 85.4 Å². The molecule has 0 aromatic heterocycles. The standard InChI is InChI=1S/C16H11N2O3.Na/c19-14-7-3-4-11-10(14)8-9-13(16(11)21)18-17-12-5-1-2-6-15(12)20;/h2-9,19-21H;/q-1;+1. The van der Waals surface area contributed by atoms with Crippen LogP contribution in [0, 0.1) is 6.07 Å². The van der Waals surface area contributed by atoms with Crippen LogP contribution in [0.5, 0.6) is 17.2 Å². The van der Waals surface area contributed by atoms with Crippen molar-refractivity contribution in [3.05, 3.63) is 54.6 Å². The number of aromatic hydroxyl groups is 3. The molecule has 0 amide bonds. The molecule has 0 bridgehead atoms. The van der Waals surface area contributed by atoms with E-state index in [1.807, 2.05) is 0 Å². The molecule has 0 unspecified atom stereocenters. The van der Waals surface area contributed by atoms with Crippen LogP contribution >= 0.6 is 0 Å². The fraction of sp³-hybridized carbons (Fsp3) is 0. The second kappa shape index (κ2) is 6.79. The number of phenols is 3. The third-order valence-corrected chi connectivity index (χ3v) is 3.07. The van der Waals surface area contributed by atoms with Gasteiger partial charge in [0.1, 0.15) is 11.4 Å². The largest absolute Gasteiger partial charge is 1.00 e. The molecule has 3 aromatic carbocycles. The van der Waals surface area contributed by atoms with Crippen molar-refractivity contribution < 1.29 is 44.9 Å². The van der Waals surface area contributed by atoms with Crippen LogP contribution in [0.2, 0.25) is 0 Å². The fourth-order valence-corrected chi connectivity index (χ4v) is 2.00. The van der Waals surface area contributed by atoms with Gasteiger partial charge in [-0.2, -0.15) is 17.2 Å². The smallest absolute Gasteiger partial charge is 0.531 e.